The molecule has 8 nitrogen and oxygen atoms in total. The van der Waals surface area contributed by atoms with Gasteiger partial charge >= 0.3 is 5.97 Å². The molecule has 0 atom stereocenters. The Morgan fingerprint density at radius 1 is 1.34 bits per heavy atom. The van der Waals surface area contributed by atoms with Gasteiger partial charge < -0.3 is 9.47 Å². The number of carbonyl (C=O) groups excluding carboxylic acids is 2. The number of thiazole rings is 1. The van der Waals surface area contributed by atoms with Gasteiger partial charge in [0.2, 0.25) is 0 Å². The number of rotatable bonds is 8. The lowest BCUT2D eigenvalue weighted by Crippen LogP contribution is -2.14. The highest BCUT2D eigenvalue weighted by Crippen LogP contribution is 2.21. The minimum absolute atomic E-state index is 0.0101. The highest BCUT2D eigenvalue weighted by molar-refractivity contribution is 7.14. The molecule has 0 fully saturated rings. The number of benzene rings is 1. The molecule has 29 heavy (non-hydrogen) atoms. The topological polar surface area (TPSA) is 95.3 Å². The first-order valence-corrected chi connectivity index (χ1v) is 9.73. The fraction of sp³-hybridized carbons (Fsp3) is 0.222. The molecule has 3 aromatic rings. The van der Waals surface area contributed by atoms with E-state index in [1.165, 1.54) is 40.3 Å². The van der Waals surface area contributed by atoms with Crippen LogP contribution in [0.4, 0.5) is 9.52 Å². The van der Waals surface area contributed by atoms with E-state index in [4.69, 9.17) is 21.1 Å². The second kappa shape index (κ2) is 9.48. The third-order valence-electron chi connectivity index (χ3n) is 3.53. The van der Waals surface area contributed by atoms with E-state index in [2.05, 4.69) is 15.4 Å². The maximum Gasteiger partial charge on any atom is 0.311 e. The minimum atomic E-state index is -0.537. The summed E-state index contributed by atoms with van der Waals surface area (Å²) in [5.41, 5.74) is 0.675. The van der Waals surface area contributed by atoms with Gasteiger partial charge in [-0.25, -0.2) is 14.1 Å². The molecule has 2 aromatic heterocycles. The van der Waals surface area contributed by atoms with Crippen LogP contribution in [0.2, 0.25) is 5.02 Å². The summed E-state index contributed by atoms with van der Waals surface area (Å²) in [6.07, 6.45) is 1.60. The zero-order chi connectivity index (χ0) is 20.8. The van der Waals surface area contributed by atoms with Gasteiger partial charge in [0.15, 0.2) is 17.6 Å². The summed E-state index contributed by atoms with van der Waals surface area (Å²) in [6.45, 7) is 2.03. The number of ether oxygens (including phenoxy) is 2. The first kappa shape index (κ1) is 20.7. The summed E-state index contributed by atoms with van der Waals surface area (Å²) >= 11 is 6.90. The maximum atomic E-state index is 13.2. The number of aromatic nitrogens is 3. The van der Waals surface area contributed by atoms with Gasteiger partial charge in [0.05, 0.1) is 23.7 Å². The lowest BCUT2D eigenvalue weighted by atomic mass is 10.3. The molecule has 152 valence electrons. The largest absolute Gasteiger partial charge is 0.471 e. The number of halogens is 2. The molecule has 0 saturated heterocycles. The van der Waals surface area contributed by atoms with Crippen LogP contribution in [0.3, 0.4) is 0 Å². The number of esters is 1. The average Bonchev–Trinajstić information content (AvgIpc) is 3.32. The van der Waals surface area contributed by atoms with Crippen molar-refractivity contribution in [2.75, 3.05) is 11.9 Å². The molecule has 0 aliphatic carbocycles. The lowest BCUT2D eigenvalue weighted by Gasteiger charge is -2.06. The quantitative estimate of drug-likeness (QED) is 0.540. The predicted molar refractivity (Wildman–Crippen MR) is 105 cm³/mol. The van der Waals surface area contributed by atoms with Crippen LogP contribution < -0.4 is 10.1 Å². The number of hydrogen-bond acceptors (Lipinski definition) is 7. The fourth-order valence-electron chi connectivity index (χ4n) is 2.23. The smallest absolute Gasteiger partial charge is 0.311 e. The van der Waals surface area contributed by atoms with Gasteiger partial charge in [0, 0.05) is 17.6 Å². The zero-order valence-electron chi connectivity index (χ0n) is 15.2. The van der Waals surface area contributed by atoms with Gasteiger partial charge in [-0.2, -0.15) is 5.10 Å². The van der Waals surface area contributed by atoms with Gasteiger partial charge in [0.1, 0.15) is 11.6 Å². The fourth-order valence-corrected chi connectivity index (χ4v) is 3.10. The Hall–Kier alpha value is -2.98. The predicted octanol–water partition coefficient (Wildman–Crippen LogP) is 3.53. The molecule has 0 aliphatic rings. The van der Waals surface area contributed by atoms with Crippen LogP contribution in [-0.2, 0) is 22.7 Å². The molecule has 0 bridgehead atoms. The molecule has 0 unspecified atom stereocenters. The van der Waals surface area contributed by atoms with E-state index in [9.17, 15) is 14.0 Å². The Morgan fingerprint density at radius 3 is 2.93 bits per heavy atom. The van der Waals surface area contributed by atoms with Crippen LogP contribution in [0.5, 0.6) is 5.75 Å². The van der Waals surface area contributed by atoms with E-state index in [-0.39, 0.29) is 29.8 Å². The molecular formula is C18H16ClFN4O4S. The van der Waals surface area contributed by atoms with E-state index in [0.29, 0.717) is 23.2 Å². The van der Waals surface area contributed by atoms with Gasteiger partial charge in [0.25, 0.3) is 5.91 Å². The minimum Gasteiger partial charge on any atom is -0.471 e. The van der Waals surface area contributed by atoms with Crippen LogP contribution >= 0.6 is 22.9 Å². The molecule has 0 aliphatic heterocycles. The van der Waals surface area contributed by atoms with Gasteiger partial charge in [-0.05, 0) is 25.1 Å². The van der Waals surface area contributed by atoms with Crippen LogP contribution in [-0.4, -0.2) is 33.2 Å². The van der Waals surface area contributed by atoms with Crippen molar-refractivity contribution in [1.29, 1.82) is 0 Å². The molecule has 2 heterocycles. The Kier molecular flexibility index (Phi) is 6.78. The van der Waals surface area contributed by atoms with Crippen molar-refractivity contribution in [3.05, 3.63) is 58.1 Å². The summed E-state index contributed by atoms with van der Waals surface area (Å²) in [4.78, 5) is 28.0. The van der Waals surface area contributed by atoms with Crippen molar-refractivity contribution >= 4 is 39.9 Å². The third-order valence-corrected chi connectivity index (χ3v) is 4.63. The number of amides is 1. The van der Waals surface area contributed by atoms with E-state index >= 15 is 0 Å². The number of nitrogens with one attached hydrogen (secondary N) is 1. The monoisotopic (exact) mass is 438 g/mol. The number of hydrogen-bond donors (Lipinski definition) is 1. The maximum absolute atomic E-state index is 13.2. The molecule has 0 spiro atoms. The normalized spacial score (nSPS) is 10.6. The van der Waals surface area contributed by atoms with Crippen LogP contribution in [0.15, 0.2) is 35.8 Å². The Morgan fingerprint density at radius 2 is 2.17 bits per heavy atom. The first-order chi connectivity index (χ1) is 13.9. The Bertz CT molecular complexity index is 1020. The van der Waals surface area contributed by atoms with Crippen molar-refractivity contribution in [1.82, 2.24) is 14.8 Å². The van der Waals surface area contributed by atoms with E-state index in [1.807, 2.05) is 0 Å². The second-order valence-electron chi connectivity index (χ2n) is 5.67. The van der Waals surface area contributed by atoms with Crippen molar-refractivity contribution in [3.8, 4) is 5.75 Å². The molecular weight excluding hydrogens is 423 g/mol. The molecule has 0 saturated carbocycles. The molecule has 0 radical (unpaired) electrons. The van der Waals surface area contributed by atoms with Gasteiger partial charge in [-0.1, -0.05) is 11.6 Å². The highest BCUT2D eigenvalue weighted by atomic mass is 35.5. The van der Waals surface area contributed by atoms with Crippen molar-refractivity contribution in [3.63, 3.8) is 0 Å². The van der Waals surface area contributed by atoms with Crippen LogP contribution in [0.1, 0.15) is 23.1 Å². The summed E-state index contributed by atoms with van der Waals surface area (Å²) in [6, 6.07) is 5.51. The van der Waals surface area contributed by atoms with E-state index < -0.39 is 11.7 Å². The van der Waals surface area contributed by atoms with E-state index in [1.54, 1.807) is 18.5 Å². The van der Waals surface area contributed by atoms with E-state index in [0.717, 1.165) is 0 Å². The number of carbonyl (C=O) groups is 2. The van der Waals surface area contributed by atoms with Crippen molar-refractivity contribution in [2.24, 2.45) is 0 Å². The summed E-state index contributed by atoms with van der Waals surface area (Å²) in [5, 5.41) is 8.72. The molecule has 1 N–H and O–H groups in total. The summed E-state index contributed by atoms with van der Waals surface area (Å²) in [5.74, 6) is -0.998. The molecule has 3 rings (SSSR count). The van der Waals surface area contributed by atoms with Crippen molar-refractivity contribution < 1.29 is 23.5 Å². The Labute approximate surface area is 174 Å². The zero-order valence-corrected chi connectivity index (χ0v) is 16.8. The molecule has 11 heteroatoms. The van der Waals surface area contributed by atoms with Crippen LogP contribution in [0, 0.1) is 5.82 Å². The Balaban J connectivity index is 1.54. The highest BCUT2D eigenvalue weighted by Gasteiger charge is 2.14. The lowest BCUT2D eigenvalue weighted by molar-refractivity contribution is -0.142. The second-order valence-corrected chi connectivity index (χ2v) is 6.94. The number of nitrogens with zero attached hydrogens (tertiary/aromatic N) is 3. The summed E-state index contributed by atoms with van der Waals surface area (Å²) in [7, 11) is 0. The molecule has 1 aromatic carbocycles. The van der Waals surface area contributed by atoms with Crippen LogP contribution in [0.25, 0.3) is 0 Å². The third kappa shape index (κ3) is 5.75. The standard InChI is InChI=1S/C18H16ClFN4O4S/c1-2-27-16(25)7-11-9-29-18(21-11)22-17(26)15-5-6-24(23-15)10-28-12-3-4-14(20)13(19)8-12/h3-6,8-9H,2,7,10H2,1H3,(H,21,22,26). The van der Waals surface area contributed by atoms with Gasteiger partial charge in [-0.3, -0.25) is 14.9 Å². The molecule has 1 amide bonds. The average molecular weight is 439 g/mol. The summed E-state index contributed by atoms with van der Waals surface area (Å²) < 4.78 is 24.9. The van der Waals surface area contributed by atoms with Gasteiger partial charge in [-0.15, -0.1) is 11.3 Å². The van der Waals surface area contributed by atoms with Crippen molar-refractivity contribution in [2.45, 2.75) is 20.1 Å². The first-order valence-electron chi connectivity index (χ1n) is 8.47. The SMILES string of the molecule is CCOC(=O)Cc1csc(NC(=O)c2ccn(COc3ccc(F)c(Cl)c3)n2)n1. The number of anilines is 1.